The number of carbonyl (C=O) groups excluding carboxylic acids is 2. The van der Waals surface area contributed by atoms with Crippen molar-refractivity contribution in [3.63, 3.8) is 0 Å². The minimum absolute atomic E-state index is 0.0108. The van der Waals surface area contributed by atoms with Crippen LogP contribution in [0.15, 0.2) is 71.9 Å². The Morgan fingerprint density at radius 3 is 2.35 bits per heavy atom. The van der Waals surface area contributed by atoms with Gasteiger partial charge < -0.3 is 10.2 Å². The van der Waals surface area contributed by atoms with Crippen molar-refractivity contribution in [3.05, 3.63) is 83.1 Å². The van der Waals surface area contributed by atoms with Gasteiger partial charge in [0.25, 0.3) is 5.91 Å². The monoisotopic (exact) mass is 347 g/mol. The zero-order valence-electron chi connectivity index (χ0n) is 14.7. The van der Waals surface area contributed by atoms with Crippen molar-refractivity contribution in [1.29, 1.82) is 0 Å². The summed E-state index contributed by atoms with van der Waals surface area (Å²) in [5, 5.41) is 2.96. The van der Waals surface area contributed by atoms with Crippen molar-refractivity contribution in [1.82, 2.24) is 15.1 Å². The first kappa shape index (κ1) is 16.4. The van der Waals surface area contributed by atoms with Crippen LogP contribution in [0.2, 0.25) is 0 Å². The Bertz CT molecular complexity index is 861. The predicted molar refractivity (Wildman–Crippen MR) is 99.2 cm³/mol. The summed E-state index contributed by atoms with van der Waals surface area (Å²) in [7, 11) is 1.72. The Morgan fingerprint density at radius 2 is 1.65 bits per heavy atom. The zero-order valence-corrected chi connectivity index (χ0v) is 14.7. The molecule has 4 rings (SSSR count). The average Bonchev–Trinajstić information content (AvgIpc) is 3.01. The predicted octanol–water partition coefficient (Wildman–Crippen LogP) is 2.72. The lowest BCUT2D eigenvalue weighted by Gasteiger charge is -2.31. The first-order chi connectivity index (χ1) is 12.6. The lowest BCUT2D eigenvalue weighted by molar-refractivity contribution is -0.125. The third-order valence-electron chi connectivity index (χ3n) is 5.08. The number of carbonyl (C=O) groups is 2. The standard InChI is InChI=1S/C21H21N3O2/c1-23-17-14-24(13-12-15-8-4-2-5-9-15)20(25)18(17)19(22-21(23)26)16-10-6-3-7-11-16/h2-11,19H,12-14H2,1H3,(H,22,26)/t19-/m0/s1. The van der Waals surface area contributed by atoms with E-state index in [4.69, 9.17) is 0 Å². The number of hydrogen-bond acceptors (Lipinski definition) is 2. The van der Waals surface area contributed by atoms with Crippen LogP contribution >= 0.6 is 0 Å². The van der Waals surface area contributed by atoms with E-state index >= 15 is 0 Å². The third kappa shape index (κ3) is 2.86. The molecule has 0 bridgehead atoms. The maximum atomic E-state index is 13.1. The topological polar surface area (TPSA) is 52.7 Å². The number of likely N-dealkylation sites (N-methyl/N-ethyl adjacent to an activating group) is 1. The van der Waals surface area contributed by atoms with E-state index in [0.717, 1.165) is 17.7 Å². The van der Waals surface area contributed by atoms with Gasteiger partial charge in [0.2, 0.25) is 0 Å². The Morgan fingerprint density at radius 1 is 1.00 bits per heavy atom. The molecule has 26 heavy (non-hydrogen) atoms. The van der Waals surface area contributed by atoms with Gasteiger partial charge in [-0.25, -0.2) is 4.79 Å². The maximum Gasteiger partial charge on any atom is 0.322 e. The molecule has 0 aromatic heterocycles. The van der Waals surface area contributed by atoms with Crippen molar-refractivity contribution < 1.29 is 9.59 Å². The highest BCUT2D eigenvalue weighted by molar-refractivity contribution is 6.01. The molecule has 0 radical (unpaired) electrons. The number of amides is 3. The number of benzene rings is 2. The summed E-state index contributed by atoms with van der Waals surface area (Å²) in [6.45, 7) is 1.12. The zero-order chi connectivity index (χ0) is 18.1. The number of rotatable bonds is 4. The van der Waals surface area contributed by atoms with E-state index in [-0.39, 0.29) is 18.0 Å². The molecule has 3 amide bonds. The first-order valence-corrected chi connectivity index (χ1v) is 8.80. The summed E-state index contributed by atoms with van der Waals surface area (Å²) in [5.74, 6) is 0.0108. The lowest BCUT2D eigenvalue weighted by atomic mass is 9.96. The molecule has 0 spiro atoms. The van der Waals surface area contributed by atoms with Crippen LogP contribution < -0.4 is 5.32 Å². The Labute approximate surface area is 152 Å². The van der Waals surface area contributed by atoms with Crippen molar-refractivity contribution in [2.45, 2.75) is 12.5 Å². The quantitative estimate of drug-likeness (QED) is 0.925. The van der Waals surface area contributed by atoms with Gasteiger partial charge in [-0.05, 0) is 17.5 Å². The highest BCUT2D eigenvalue weighted by atomic mass is 16.2. The van der Waals surface area contributed by atoms with Crippen molar-refractivity contribution in [2.24, 2.45) is 0 Å². The largest absolute Gasteiger partial charge is 0.333 e. The molecule has 0 fully saturated rings. The van der Waals surface area contributed by atoms with Crippen LogP contribution in [-0.4, -0.2) is 41.9 Å². The fourth-order valence-corrected chi connectivity index (χ4v) is 3.61. The SMILES string of the molecule is CN1C(=O)N[C@@H](c2ccccc2)C2=C1CN(CCc1ccccc1)C2=O. The average molecular weight is 347 g/mol. The number of hydrogen-bond donors (Lipinski definition) is 1. The summed E-state index contributed by atoms with van der Waals surface area (Å²) in [5.41, 5.74) is 3.62. The summed E-state index contributed by atoms with van der Waals surface area (Å²) >= 11 is 0. The molecule has 2 aromatic rings. The van der Waals surface area contributed by atoms with E-state index in [1.165, 1.54) is 5.56 Å². The molecule has 1 N–H and O–H groups in total. The van der Waals surface area contributed by atoms with Gasteiger partial charge >= 0.3 is 6.03 Å². The fraction of sp³-hybridized carbons (Fsp3) is 0.238. The highest BCUT2D eigenvalue weighted by Crippen LogP contribution is 2.35. The van der Waals surface area contributed by atoms with Crippen LogP contribution in [0.25, 0.3) is 0 Å². The van der Waals surface area contributed by atoms with E-state index in [0.29, 0.717) is 18.7 Å². The fourth-order valence-electron chi connectivity index (χ4n) is 3.61. The number of urea groups is 1. The summed E-state index contributed by atoms with van der Waals surface area (Å²) < 4.78 is 0. The third-order valence-corrected chi connectivity index (χ3v) is 5.08. The van der Waals surface area contributed by atoms with Gasteiger partial charge in [-0.3, -0.25) is 9.69 Å². The van der Waals surface area contributed by atoms with Crippen LogP contribution in [0.5, 0.6) is 0 Å². The molecule has 0 saturated heterocycles. The molecular formula is C21H21N3O2. The van der Waals surface area contributed by atoms with Gasteiger partial charge in [-0.15, -0.1) is 0 Å². The minimum atomic E-state index is -0.385. The van der Waals surface area contributed by atoms with Crippen LogP contribution in [0.4, 0.5) is 4.79 Å². The first-order valence-electron chi connectivity index (χ1n) is 8.80. The van der Waals surface area contributed by atoms with Crippen molar-refractivity contribution in [2.75, 3.05) is 20.1 Å². The van der Waals surface area contributed by atoms with Gasteiger partial charge in [-0.2, -0.15) is 0 Å². The smallest absolute Gasteiger partial charge is 0.322 e. The minimum Gasteiger partial charge on any atom is -0.333 e. The summed E-state index contributed by atoms with van der Waals surface area (Å²) in [4.78, 5) is 28.9. The Hall–Kier alpha value is -3.08. The highest BCUT2D eigenvalue weighted by Gasteiger charge is 2.42. The van der Waals surface area contributed by atoms with Crippen LogP contribution in [0.3, 0.4) is 0 Å². The molecule has 0 aliphatic carbocycles. The molecule has 5 heteroatoms. The van der Waals surface area contributed by atoms with Gasteiger partial charge in [0, 0.05) is 13.6 Å². The molecule has 2 aromatic carbocycles. The second kappa shape index (κ2) is 6.67. The molecule has 0 saturated carbocycles. The molecule has 2 aliphatic rings. The van der Waals surface area contributed by atoms with E-state index < -0.39 is 0 Å². The lowest BCUT2D eigenvalue weighted by Crippen LogP contribution is -2.45. The van der Waals surface area contributed by atoms with Crippen LogP contribution in [0.1, 0.15) is 17.2 Å². The van der Waals surface area contributed by atoms with Gasteiger partial charge in [0.15, 0.2) is 0 Å². The molecular weight excluding hydrogens is 326 g/mol. The van der Waals surface area contributed by atoms with E-state index in [1.807, 2.05) is 53.4 Å². The van der Waals surface area contributed by atoms with E-state index in [9.17, 15) is 9.59 Å². The van der Waals surface area contributed by atoms with Crippen molar-refractivity contribution >= 4 is 11.9 Å². The molecule has 2 aliphatic heterocycles. The Balaban J connectivity index is 1.59. The normalized spacial score (nSPS) is 19.7. The molecule has 1 atom stereocenters. The van der Waals surface area contributed by atoms with E-state index in [2.05, 4.69) is 17.4 Å². The maximum absolute atomic E-state index is 13.1. The summed E-state index contributed by atoms with van der Waals surface area (Å²) in [6, 6.07) is 19.2. The second-order valence-corrected chi connectivity index (χ2v) is 6.67. The number of nitrogens with one attached hydrogen (secondary N) is 1. The second-order valence-electron chi connectivity index (χ2n) is 6.67. The van der Waals surface area contributed by atoms with Gasteiger partial charge in [0.05, 0.1) is 23.9 Å². The van der Waals surface area contributed by atoms with Crippen molar-refractivity contribution in [3.8, 4) is 0 Å². The number of nitrogens with zero attached hydrogens (tertiary/aromatic N) is 2. The van der Waals surface area contributed by atoms with Crippen LogP contribution in [0, 0.1) is 0 Å². The molecule has 5 nitrogen and oxygen atoms in total. The van der Waals surface area contributed by atoms with Crippen LogP contribution in [-0.2, 0) is 11.2 Å². The van der Waals surface area contributed by atoms with Gasteiger partial charge in [0.1, 0.15) is 0 Å². The molecule has 0 unspecified atom stereocenters. The molecule has 132 valence electrons. The Kier molecular flexibility index (Phi) is 4.21. The van der Waals surface area contributed by atoms with Gasteiger partial charge in [-0.1, -0.05) is 60.7 Å². The summed E-state index contributed by atoms with van der Waals surface area (Å²) in [6.07, 6.45) is 0.800. The molecule has 2 heterocycles. The van der Waals surface area contributed by atoms with E-state index in [1.54, 1.807) is 11.9 Å².